The molecule has 21 heavy (non-hydrogen) atoms. The first-order valence-electron chi connectivity index (χ1n) is 7.79. The van der Waals surface area contributed by atoms with Crippen molar-refractivity contribution in [2.24, 2.45) is 5.92 Å². The number of nitrogens with one attached hydrogen (secondary N) is 1. The predicted octanol–water partition coefficient (Wildman–Crippen LogP) is 4.37. The number of hydrogen-bond acceptors (Lipinski definition) is 4. The molecule has 5 heteroatoms. The summed E-state index contributed by atoms with van der Waals surface area (Å²) < 4.78 is 5.56. The number of anilines is 1. The Morgan fingerprint density at radius 3 is 2.76 bits per heavy atom. The Hall–Kier alpha value is -1.78. The Balaban J connectivity index is 2.16. The van der Waals surface area contributed by atoms with Crippen LogP contribution in [0.2, 0.25) is 0 Å². The molecule has 1 aromatic rings. The van der Waals surface area contributed by atoms with Gasteiger partial charge in [-0.25, -0.2) is 0 Å². The Morgan fingerprint density at radius 2 is 2.10 bits per heavy atom. The van der Waals surface area contributed by atoms with Crippen molar-refractivity contribution in [2.45, 2.75) is 52.0 Å². The van der Waals surface area contributed by atoms with E-state index in [9.17, 15) is 10.1 Å². The maximum atomic E-state index is 11.1. The van der Waals surface area contributed by atoms with Crippen LogP contribution in [0.3, 0.4) is 0 Å². The third-order valence-corrected chi connectivity index (χ3v) is 4.04. The first-order valence-corrected chi connectivity index (χ1v) is 7.79. The number of non-ortho nitro benzene ring substituents is 1. The van der Waals surface area contributed by atoms with Crippen molar-refractivity contribution < 1.29 is 9.66 Å². The molecule has 1 aliphatic carbocycles. The van der Waals surface area contributed by atoms with E-state index in [0.717, 1.165) is 18.5 Å². The average Bonchev–Trinajstić information content (AvgIpc) is 2.47. The van der Waals surface area contributed by atoms with Crippen LogP contribution in [-0.4, -0.2) is 17.6 Å². The van der Waals surface area contributed by atoms with Gasteiger partial charge in [-0.1, -0.05) is 26.7 Å². The highest BCUT2D eigenvalue weighted by molar-refractivity contribution is 5.57. The van der Waals surface area contributed by atoms with Gasteiger partial charge in [0.2, 0.25) is 0 Å². The molecule has 0 aromatic heterocycles. The van der Waals surface area contributed by atoms with Gasteiger partial charge in [-0.2, -0.15) is 0 Å². The normalized spacial score (nSPS) is 21.8. The van der Waals surface area contributed by atoms with Gasteiger partial charge in [0.1, 0.15) is 5.75 Å². The van der Waals surface area contributed by atoms with E-state index in [4.69, 9.17) is 4.74 Å². The number of nitro benzene ring substituents is 1. The van der Waals surface area contributed by atoms with Crippen LogP contribution in [-0.2, 0) is 0 Å². The Labute approximate surface area is 125 Å². The maximum Gasteiger partial charge on any atom is 0.275 e. The van der Waals surface area contributed by atoms with E-state index >= 15 is 0 Å². The fraction of sp³-hybridized carbons (Fsp3) is 0.625. The molecular weight excluding hydrogens is 268 g/mol. The molecule has 1 saturated carbocycles. The zero-order chi connectivity index (χ0) is 15.2. The van der Waals surface area contributed by atoms with Crippen LogP contribution in [0.15, 0.2) is 18.2 Å². The zero-order valence-electron chi connectivity index (χ0n) is 12.8. The molecule has 1 aliphatic rings. The quantitative estimate of drug-likeness (QED) is 0.624. The predicted molar refractivity (Wildman–Crippen MR) is 83.9 cm³/mol. The molecule has 0 radical (unpaired) electrons. The van der Waals surface area contributed by atoms with Gasteiger partial charge in [0, 0.05) is 23.9 Å². The number of ether oxygens (including phenoxy) is 1. The Bertz CT molecular complexity index is 490. The average molecular weight is 292 g/mol. The summed E-state index contributed by atoms with van der Waals surface area (Å²) in [5, 5.41) is 14.5. The number of hydrogen-bond donors (Lipinski definition) is 1. The molecule has 1 aromatic carbocycles. The summed E-state index contributed by atoms with van der Waals surface area (Å²) in [5.41, 5.74) is 0.864. The number of benzene rings is 1. The summed E-state index contributed by atoms with van der Waals surface area (Å²) in [6.45, 7) is 4.82. The minimum atomic E-state index is -0.367. The van der Waals surface area contributed by atoms with E-state index in [-0.39, 0.29) is 10.6 Å². The fourth-order valence-corrected chi connectivity index (χ4v) is 2.82. The summed E-state index contributed by atoms with van der Waals surface area (Å²) in [6, 6.07) is 5.34. The van der Waals surface area contributed by atoms with Crippen molar-refractivity contribution in [1.29, 1.82) is 0 Å². The van der Waals surface area contributed by atoms with Gasteiger partial charge in [0.25, 0.3) is 5.69 Å². The van der Waals surface area contributed by atoms with Gasteiger partial charge >= 0.3 is 0 Å². The van der Waals surface area contributed by atoms with Crippen LogP contribution in [0, 0.1) is 16.0 Å². The summed E-state index contributed by atoms with van der Waals surface area (Å²) in [5.74, 6) is 1.16. The Morgan fingerprint density at radius 1 is 1.33 bits per heavy atom. The third kappa shape index (κ3) is 4.34. The molecule has 0 amide bonds. The topological polar surface area (TPSA) is 64.4 Å². The standard InChI is InChI=1S/C16H24N2O3/c1-3-8-21-15-10-13(9-14(11-15)18(19)20)17-16-7-5-4-6-12(16)2/h9-12,16-17H,3-8H2,1-2H3. The first kappa shape index (κ1) is 15.6. The summed E-state index contributed by atoms with van der Waals surface area (Å²) in [6.07, 6.45) is 5.71. The van der Waals surface area contributed by atoms with Gasteiger partial charge in [-0.15, -0.1) is 0 Å². The van der Waals surface area contributed by atoms with Crippen LogP contribution in [0.25, 0.3) is 0 Å². The van der Waals surface area contributed by atoms with Crippen molar-refractivity contribution in [2.75, 3.05) is 11.9 Å². The van der Waals surface area contributed by atoms with Crippen molar-refractivity contribution in [1.82, 2.24) is 0 Å². The summed E-state index contributed by atoms with van der Waals surface area (Å²) >= 11 is 0. The van der Waals surface area contributed by atoms with E-state index in [1.807, 2.05) is 13.0 Å². The summed E-state index contributed by atoms with van der Waals surface area (Å²) in [7, 11) is 0. The van der Waals surface area contributed by atoms with Crippen LogP contribution in [0.4, 0.5) is 11.4 Å². The van der Waals surface area contributed by atoms with Gasteiger partial charge in [0.15, 0.2) is 0 Å². The molecule has 5 nitrogen and oxygen atoms in total. The van der Waals surface area contributed by atoms with E-state index in [1.54, 1.807) is 6.07 Å². The van der Waals surface area contributed by atoms with Gasteiger partial charge in [-0.05, 0) is 25.2 Å². The minimum Gasteiger partial charge on any atom is -0.493 e. The monoisotopic (exact) mass is 292 g/mol. The maximum absolute atomic E-state index is 11.1. The van der Waals surface area contributed by atoms with Crippen molar-refractivity contribution in [3.8, 4) is 5.75 Å². The van der Waals surface area contributed by atoms with E-state index in [1.165, 1.54) is 25.3 Å². The lowest BCUT2D eigenvalue weighted by Gasteiger charge is -2.30. The first-order chi connectivity index (χ1) is 10.1. The lowest BCUT2D eigenvalue weighted by Crippen LogP contribution is -2.30. The molecule has 2 rings (SSSR count). The fourth-order valence-electron chi connectivity index (χ4n) is 2.82. The molecule has 0 saturated heterocycles. The van der Waals surface area contributed by atoms with Crippen molar-refractivity contribution >= 4 is 11.4 Å². The van der Waals surface area contributed by atoms with Crippen LogP contribution in [0.5, 0.6) is 5.75 Å². The molecule has 1 fully saturated rings. The Kier molecular flexibility index (Phi) is 5.42. The van der Waals surface area contributed by atoms with E-state index in [2.05, 4.69) is 12.2 Å². The number of nitro groups is 1. The molecule has 0 aliphatic heterocycles. The zero-order valence-corrected chi connectivity index (χ0v) is 12.8. The highest BCUT2D eigenvalue weighted by Crippen LogP contribution is 2.31. The van der Waals surface area contributed by atoms with E-state index < -0.39 is 0 Å². The number of rotatable bonds is 6. The summed E-state index contributed by atoms with van der Waals surface area (Å²) in [4.78, 5) is 10.7. The van der Waals surface area contributed by atoms with Crippen molar-refractivity contribution in [3.05, 3.63) is 28.3 Å². The van der Waals surface area contributed by atoms with Crippen LogP contribution in [0.1, 0.15) is 46.0 Å². The SMILES string of the molecule is CCCOc1cc(NC2CCCCC2C)cc([N+](=O)[O-])c1. The van der Waals surface area contributed by atoms with Gasteiger partial charge in [-0.3, -0.25) is 10.1 Å². The molecule has 1 N–H and O–H groups in total. The van der Waals surface area contributed by atoms with Crippen molar-refractivity contribution in [3.63, 3.8) is 0 Å². The minimum absolute atomic E-state index is 0.0783. The largest absolute Gasteiger partial charge is 0.493 e. The highest BCUT2D eigenvalue weighted by Gasteiger charge is 2.22. The van der Waals surface area contributed by atoms with Gasteiger partial charge < -0.3 is 10.1 Å². The smallest absolute Gasteiger partial charge is 0.275 e. The van der Waals surface area contributed by atoms with Gasteiger partial charge in [0.05, 0.1) is 17.6 Å². The second kappa shape index (κ2) is 7.29. The highest BCUT2D eigenvalue weighted by atomic mass is 16.6. The molecule has 0 bridgehead atoms. The lowest BCUT2D eigenvalue weighted by atomic mass is 9.86. The van der Waals surface area contributed by atoms with Crippen LogP contribution >= 0.6 is 0 Å². The second-order valence-corrected chi connectivity index (χ2v) is 5.83. The molecular formula is C16H24N2O3. The third-order valence-electron chi connectivity index (χ3n) is 4.04. The molecule has 2 unspecified atom stereocenters. The lowest BCUT2D eigenvalue weighted by molar-refractivity contribution is -0.384. The molecule has 116 valence electrons. The molecule has 2 atom stereocenters. The van der Waals surface area contributed by atoms with Crippen LogP contribution < -0.4 is 10.1 Å². The molecule has 0 heterocycles. The second-order valence-electron chi connectivity index (χ2n) is 5.83. The van der Waals surface area contributed by atoms with E-state index in [0.29, 0.717) is 24.3 Å². The number of nitrogens with zero attached hydrogens (tertiary/aromatic N) is 1. The molecule has 0 spiro atoms.